The number of esters is 1. The Morgan fingerprint density at radius 1 is 1.17 bits per heavy atom. The van der Waals surface area contributed by atoms with Crippen LogP contribution in [0, 0.1) is 26.6 Å². The number of carbonyl (C=O) groups excluding carboxylic acids is 1. The van der Waals surface area contributed by atoms with Gasteiger partial charge in [0.05, 0.1) is 11.3 Å². The minimum atomic E-state index is -0.580. The maximum Gasteiger partial charge on any atom is 0.340 e. The molecule has 1 aromatic carbocycles. The second kappa shape index (κ2) is 7.86. The molecular weight excluding hydrogens is 389 g/mol. The number of rotatable bonds is 5. The topological polar surface area (TPSA) is 95.9 Å². The predicted molar refractivity (Wildman–Crippen MR) is 104 cm³/mol. The number of carbonyl (C=O) groups is 1. The van der Waals surface area contributed by atoms with Gasteiger partial charge in [-0.25, -0.2) is 18.9 Å². The van der Waals surface area contributed by atoms with E-state index >= 15 is 0 Å². The van der Waals surface area contributed by atoms with Gasteiger partial charge in [0.1, 0.15) is 5.82 Å². The SMILES string of the molecule is Cc1cc(C)n(-c2ccc(C(=O)OCc3nc(-c4ccc(C)c(F)c4)no3)cn2)n1. The van der Waals surface area contributed by atoms with Crippen molar-refractivity contribution in [2.24, 2.45) is 0 Å². The first-order valence-corrected chi connectivity index (χ1v) is 9.16. The van der Waals surface area contributed by atoms with Crippen molar-refractivity contribution in [1.82, 2.24) is 24.9 Å². The highest BCUT2D eigenvalue weighted by molar-refractivity contribution is 5.89. The molecule has 0 bridgehead atoms. The summed E-state index contributed by atoms with van der Waals surface area (Å²) in [5, 5.41) is 8.15. The third-order valence-electron chi connectivity index (χ3n) is 4.44. The molecule has 0 saturated heterocycles. The second-order valence-electron chi connectivity index (χ2n) is 6.80. The molecule has 30 heavy (non-hydrogen) atoms. The Morgan fingerprint density at radius 3 is 2.67 bits per heavy atom. The van der Waals surface area contributed by atoms with Crippen molar-refractivity contribution in [2.45, 2.75) is 27.4 Å². The van der Waals surface area contributed by atoms with Gasteiger partial charge < -0.3 is 9.26 Å². The first-order valence-electron chi connectivity index (χ1n) is 9.16. The molecule has 0 radical (unpaired) electrons. The molecule has 0 aliphatic carbocycles. The highest BCUT2D eigenvalue weighted by Crippen LogP contribution is 2.19. The molecule has 0 spiro atoms. The van der Waals surface area contributed by atoms with Crippen LogP contribution in [0.5, 0.6) is 0 Å². The number of nitrogens with zero attached hydrogens (tertiary/aromatic N) is 5. The quantitative estimate of drug-likeness (QED) is 0.465. The molecule has 8 nitrogen and oxygen atoms in total. The smallest absolute Gasteiger partial charge is 0.340 e. The van der Waals surface area contributed by atoms with E-state index in [0.29, 0.717) is 16.9 Å². The van der Waals surface area contributed by atoms with Crippen molar-refractivity contribution in [3.05, 3.63) is 76.8 Å². The third kappa shape index (κ3) is 3.95. The van der Waals surface area contributed by atoms with E-state index in [1.165, 1.54) is 12.3 Å². The lowest BCUT2D eigenvalue weighted by Gasteiger charge is -2.05. The summed E-state index contributed by atoms with van der Waals surface area (Å²) in [6, 6.07) is 9.88. The summed E-state index contributed by atoms with van der Waals surface area (Å²) in [5.41, 5.74) is 3.10. The summed E-state index contributed by atoms with van der Waals surface area (Å²) in [6.45, 7) is 5.28. The highest BCUT2D eigenvalue weighted by atomic mass is 19.1. The molecule has 3 heterocycles. The van der Waals surface area contributed by atoms with Gasteiger partial charge in [0.2, 0.25) is 5.82 Å². The number of aryl methyl sites for hydroxylation is 3. The van der Waals surface area contributed by atoms with Crippen LogP contribution in [-0.2, 0) is 11.3 Å². The van der Waals surface area contributed by atoms with Crippen LogP contribution >= 0.6 is 0 Å². The van der Waals surface area contributed by atoms with Crippen LogP contribution in [0.15, 0.2) is 47.1 Å². The zero-order chi connectivity index (χ0) is 21.3. The number of halogens is 1. The summed E-state index contributed by atoms with van der Waals surface area (Å²) in [4.78, 5) is 20.7. The zero-order valence-corrected chi connectivity index (χ0v) is 16.6. The van der Waals surface area contributed by atoms with Crippen LogP contribution in [-0.4, -0.2) is 30.9 Å². The maximum atomic E-state index is 13.7. The van der Waals surface area contributed by atoms with E-state index in [9.17, 15) is 9.18 Å². The Hall–Kier alpha value is -3.88. The molecule has 0 saturated carbocycles. The van der Waals surface area contributed by atoms with E-state index in [1.807, 2.05) is 19.9 Å². The van der Waals surface area contributed by atoms with E-state index in [2.05, 4.69) is 20.2 Å². The third-order valence-corrected chi connectivity index (χ3v) is 4.44. The van der Waals surface area contributed by atoms with Gasteiger partial charge in [-0.15, -0.1) is 0 Å². The molecule has 152 valence electrons. The van der Waals surface area contributed by atoms with Crippen LogP contribution in [0.4, 0.5) is 4.39 Å². The van der Waals surface area contributed by atoms with Gasteiger partial charge in [-0.3, -0.25) is 0 Å². The molecule has 0 aliphatic rings. The van der Waals surface area contributed by atoms with E-state index in [-0.39, 0.29) is 29.7 Å². The standard InChI is InChI=1S/C21H18FN5O3/c1-12-4-5-15(9-17(12)22)20-24-19(30-26-20)11-29-21(28)16-6-7-18(23-10-16)27-14(3)8-13(2)25-27/h4-10H,11H2,1-3H3. The van der Waals surface area contributed by atoms with Gasteiger partial charge in [-0.1, -0.05) is 17.3 Å². The number of ether oxygens (including phenoxy) is 1. The summed E-state index contributed by atoms with van der Waals surface area (Å²) >= 11 is 0. The summed E-state index contributed by atoms with van der Waals surface area (Å²) in [7, 11) is 0. The molecular formula is C21H18FN5O3. The molecule has 0 fully saturated rings. The molecule has 0 N–H and O–H groups in total. The van der Waals surface area contributed by atoms with Crippen molar-refractivity contribution in [3.63, 3.8) is 0 Å². The van der Waals surface area contributed by atoms with Crippen molar-refractivity contribution in [1.29, 1.82) is 0 Å². The Labute approximate surface area is 171 Å². The van der Waals surface area contributed by atoms with Crippen LogP contribution in [0.2, 0.25) is 0 Å². The summed E-state index contributed by atoms with van der Waals surface area (Å²) in [6.07, 6.45) is 1.42. The number of hydrogen-bond donors (Lipinski definition) is 0. The molecule has 4 rings (SSSR count). The number of pyridine rings is 1. The fourth-order valence-electron chi connectivity index (χ4n) is 2.87. The Balaban J connectivity index is 1.41. The van der Waals surface area contributed by atoms with Gasteiger partial charge in [0.25, 0.3) is 5.89 Å². The minimum absolute atomic E-state index is 0.103. The van der Waals surface area contributed by atoms with Gasteiger partial charge in [-0.2, -0.15) is 10.1 Å². The van der Waals surface area contributed by atoms with Crippen molar-refractivity contribution in [2.75, 3.05) is 0 Å². The molecule has 4 aromatic rings. The Kier molecular flexibility index (Phi) is 5.09. The minimum Gasteiger partial charge on any atom is -0.452 e. The van der Waals surface area contributed by atoms with E-state index in [4.69, 9.17) is 9.26 Å². The van der Waals surface area contributed by atoms with Crippen molar-refractivity contribution < 1.29 is 18.4 Å². The number of hydrogen-bond acceptors (Lipinski definition) is 7. The molecule has 0 unspecified atom stereocenters. The average molecular weight is 407 g/mol. The second-order valence-corrected chi connectivity index (χ2v) is 6.80. The fourth-order valence-corrected chi connectivity index (χ4v) is 2.87. The number of benzene rings is 1. The van der Waals surface area contributed by atoms with Gasteiger partial charge in [-0.05, 0) is 50.6 Å². The molecule has 0 atom stereocenters. The molecule has 3 aromatic heterocycles. The highest BCUT2D eigenvalue weighted by Gasteiger charge is 2.14. The van der Waals surface area contributed by atoms with Gasteiger partial charge >= 0.3 is 5.97 Å². The lowest BCUT2D eigenvalue weighted by atomic mass is 10.1. The lowest BCUT2D eigenvalue weighted by molar-refractivity contribution is 0.0429. The predicted octanol–water partition coefficient (Wildman–Crippen LogP) is 3.74. The van der Waals surface area contributed by atoms with E-state index in [0.717, 1.165) is 11.4 Å². The normalized spacial score (nSPS) is 10.9. The summed E-state index contributed by atoms with van der Waals surface area (Å²) < 4.78 is 25.7. The lowest BCUT2D eigenvalue weighted by Crippen LogP contribution is -2.08. The van der Waals surface area contributed by atoms with Crippen LogP contribution < -0.4 is 0 Å². The van der Waals surface area contributed by atoms with Gasteiger partial charge in [0, 0.05) is 17.5 Å². The average Bonchev–Trinajstić information content (AvgIpc) is 3.34. The molecule has 0 aliphatic heterocycles. The zero-order valence-electron chi connectivity index (χ0n) is 16.6. The number of aromatic nitrogens is 5. The van der Waals surface area contributed by atoms with Crippen molar-refractivity contribution >= 4 is 5.97 Å². The first-order chi connectivity index (χ1) is 14.4. The van der Waals surface area contributed by atoms with Crippen LogP contribution in [0.3, 0.4) is 0 Å². The van der Waals surface area contributed by atoms with Crippen LogP contribution in [0.1, 0.15) is 33.2 Å². The fraction of sp³-hybridized carbons (Fsp3) is 0.190. The van der Waals surface area contributed by atoms with Gasteiger partial charge in [0.15, 0.2) is 12.4 Å². The van der Waals surface area contributed by atoms with Crippen LogP contribution in [0.25, 0.3) is 17.2 Å². The van der Waals surface area contributed by atoms with E-state index in [1.54, 1.807) is 35.9 Å². The first kappa shape index (κ1) is 19.4. The molecule has 0 amide bonds. The Morgan fingerprint density at radius 2 is 2.00 bits per heavy atom. The largest absolute Gasteiger partial charge is 0.452 e. The van der Waals surface area contributed by atoms with Crippen molar-refractivity contribution in [3.8, 4) is 17.2 Å². The maximum absolute atomic E-state index is 13.7. The molecule has 9 heteroatoms. The Bertz CT molecular complexity index is 1210. The summed E-state index contributed by atoms with van der Waals surface area (Å²) in [5.74, 6) is -0.0170. The van der Waals surface area contributed by atoms with E-state index < -0.39 is 5.97 Å². The monoisotopic (exact) mass is 407 g/mol.